The lowest BCUT2D eigenvalue weighted by atomic mass is 9.64. The first-order chi connectivity index (χ1) is 8.49. The van der Waals surface area contributed by atoms with Crippen LogP contribution in [0.1, 0.15) is 59.3 Å². The highest BCUT2D eigenvalue weighted by Gasteiger charge is 2.39. The Morgan fingerprint density at radius 1 is 1.11 bits per heavy atom. The number of ether oxygens (including phenoxy) is 1. The molecule has 2 nitrogen and oxygen atoms in total. The molecule has 1 saturated heterocycles. The molecule has 3 atom stereocenters. The van der Waals surface area contributed by atoms with Gasteiger partial charge in [-0.25, -0.2) is 0 Å². The van der Waals surface area contributed by atoms with Crippen molar-refractivity contribution in [2.75, 3.05) is 13.2 Å². The average molecular weight is 254 g/mol. The van der Waals surface area contributed by atoms with Crippen molar-refractivity contribution in [1.82, 2.24) is 0 Å². The Morgan fingerprint density at radius 2 is 1.78 bits per heavy atom. The number of aliphatic hydroxyl groups excluding tert-OH is 1. The molecule has 2 heteroatoms. The van der Waals surface area contributed by atoms with E-state index in [1.54, 1.807) is 0 Å². The van der Waals surface area contributed by atoms with E-state index in [0.717, 1.165) is 25.6 Å². The van der Waals surface area contributed by atoms with Crippen LogP contribution in [0.3, 0.4) is 0 Å². The summed E-state index contributed by atoms with van der Waals surface area (Å²) in [6, 6.07) is 0. The summed E-state index contributed by atoms with van der Waals surface area (Å²) in [4.78, 5) is 0. The average Bonchev–Trinajstić information content (AvgIpc) is 2.29. The molecule has 1 heterocycles. The van der Waals surface area contributed by atoms with Gasteiger partial charge in [-0.3, -0.25) is 0 Å². The summed E-state index contributed by atoms with van der Waals surface area (Å²) in [6.07, 6.45) is 7.10. The van der Waals surface area contributed by atoms with E-state index in [1.807, 2.05) is 0 Å². The summed E-state index contributed by atoms with van der Waals surface area (Å²) >= 11 is 0. The molecule has 2 fully saturated rings. The van der Waals surface area contributed by atoms with Gasteiger partial charge in [0, 0.05) is 13.2 Å². The molecule has 3 unspecified atom stereocenters. The highest BCUT2D eigenvalue weighted by molar-refractivity contribution is 4.89. The van der Waals surface area contributed by atoms with E-state index in [9.17, 15) is 5.11 Å². The Hall–Kier alpha value is -0.0800. The van der Waals surface area contributed by atoms with Crippen LogP contribution in [0.25, 0.3) is 0 Å². The molecule has 0 bridgehead atoms. The zero-order chi connectivity index (χ0) is 13.2. The summed E-state index contributed by atoms with van der Waals surface area (Å²) < 4.78 is 5.45. The first-order valence-corrected chi connectivity index (χ1v) is 7.75. The molecular weight excluding hydrogens is 224 g/mol. The van der Waals surface area contributed by atoms with Crippen molar-refractivity contribution in [3.8, 4) is 0 Å². The van der Waals surface area contributed by atoms with Gasteiger partial charge in [0.25, 0.3) is 0 Å². The maximum Gasteiger partial charge on any atom is 0.0576 e. The maximum absolute atomic E-state index is 10.4. The molecule has 0 amide bonds. The van der Waals surface area contributed by atoms with Crippen LogP contribution in [0, 0.1) is 23.2 Å². The lowest BCUT2D eigenvalue weighted by Crippen LogP contribution is -2.40. The van der Waals surface area contributed by atoms with E-state index in [2.05, 4.69) is 20.8 Å². The Labute approximate surface area is 112 Å². The first-order valence-electron chi connectivity index (χ1n) is 7.75. The topological polar surface area (TPSA) is 29.5 Å². The number of hydrogen-bond donors (Lipinski definition) is 1. The fourth-order valence-corrected chi connectivity index (χ4v) is 4.11. The predicted molar refractivity (Wildman–Crippen MR) is 74.5 cm³/mol. The van der Waals surface area contributed by atoms with Crippen molar-refractivity contribution in [3.63, 3.8) is 0 Å². The predicted octanol–water partition coefficient (Wildman–Crippen LogP) is 3.63. The summed E-state index contributed by atoms with van der Waals surface area (Å²) in [5, 5.41) is 10.4. The minimum atomic E-state index is -0.0800. The zero-order valence-electron chi connectivity index (χ0n) is 12.3. The van der Waals surface area contributed by atoms with Gasteiger partial charge in [0.2, 0.25) is 0 Å². The molecule has 1 N–H and O–H groups in total. The Kier molecular flexibility index (Phi) is 4.71. The minimum absolute atomic E-state index is 0.0800. The normalized spacial score (nSPS) is 35.7. The monoisotopic (exact) mass is 254 g/mol. The molecule has 1 saturated carbocycles. The lowest BCUT2D eigenvalue weighted by Gasteiger charge is -2.44. The fourth-order valence-electron chi connectivity index (χ4n) is 4.11. The second kappa shape index (κ2) is 5.92. The van der Waals surface area contributed by atoms with Crippen molar-refractivity contribution in [1.29, 1.82) is 0 Å². The van der Waals surface area contributed by atoms with Crippen LogP contribution in [0.15, 0.2) is 0 Å². The molecule has 0 radical (unpaired) electrons. The Balaban J connectivity index is 1.92. The first kappa shape index (κ1) is 14.3. The van der Waals surface area contributed by atoms with Gasteiger partial charge in [0.05, 0.1) is 6.10 Å². The van der Waals surface area contributed by atoms with E-state index in [0.29, 0.717) is 11.8 Å². The van der Waals surface area contributed by atoms with Crippen LogP contribution < -0.4 is 0 Å². The Morgan fingerprint density at radius 3 is 2.39 bits per heavy atom. The molecular formula is C16H30O2. The second-order valence-electron chi connectivity index (χ2n) is 7.34. The van der Waals surface area contributed by atoms with Gasteiger partial charge >= 0.3 is 0 Å². The third-order valence-corrected chi connectivity index (χ3v) is 5.24. The van der Waals surface area contributed by atoms with Crippen molar-refractivity contribution in [3.05, 3.63) is 0 Å². The van der Waals surface area contributed by atoms with Gasteiger partial charge in [0.1, 0.15) is 0 Å². The molecule has 106 valence electrons. The van der Waals surface area contributed by atoms with Gasteiger partial charge < -0.3 is 9.84 Å². The SMILES string of the molecule is CC1CCC(C(C)(C)CC2CCOCC2)C(O)C1. The molecule has 18 heavy (non-hydrogen) atoms. The molecule has 1 aliphatic carbocycles. The van der Waals surface area contributed by atoms with Crippen molar-refractivity contribution in [2.24, 2.45) is 23.2 Å². The summed E-state index contributed by atoms with van der Waals surface area (Å²) in [5.74, 6) is 2.01. The van der Waals surface area contributed by atoms with Crippen LogP contribution in [0.2, 0.25) is 0 Å². The van der Waals surface area contributed by atoms with E-state index in [1.165, 1.54) is 32.1 Å². The smallest absolute Gasteiger partial charge is 0.0576 e. The number of aliphatic hydroxyl groups is 1. The standard InChI is InChI=1S/C16H30O2/c1-12-4-5-14(15(17)10-12)16(2,3)11-13-6-8-18-9-7-13/h12-15,17H,4-11H2,1-3H3. The van der Waals surface area contributed by atoms with Crippen LogP contribution >= 0.6 is 0 Å². The maximum atomic E-state index is 10.4. The van der Waals surface area contributed by atoms with E-state index in [4.69, 9.17) is 4.74 Å². The van der Waals surface area contributed by atoms with Gasteiger partial charge in [-0.15, -0.1) is 0 Å². The van der Waals surface area contributed by atoms with Gasteiger partial charge in [0.15, 0.2) is 0 Å². The summed E-state index contributed by atoms with van der Waals surface area (Å²) in [6.45, 7) is 8.87. The number of hydrogen-bond acceptors (Lipinski definition) is 2. The zero-order valence-corrected chi connectivity index (χ0v) is 12.3. The van der Waals surface area contributed by atoms with Crippen LogP contribution in [-0.4, -0.2) is 24.4 Å². The lowest BCUT2D eigenvalue weighted by molar-refractivity contribution is -0.0315. The van der Waals surface area contributed by atoms with Crippen molar-refractivity contribution >= 4 is 0 Å². The van der Waals surface area contributed by atoms with Crippen molar-refractivity contribution < 1.29 is 9.84 Å². The highest BCUT2D eigenvalue weighted by atomic mass is 16.5. The van der Waals surface area contributed by atoms with Crippen LogP contribution in [0.5, 0.6) is 0 Å². The van der Waals surface area contributed by atoms with Crippen LogP contribution in [0.4, 0.5) is 0 Å². The molecule has 0 spiro atoms. The fraction of sp³-hybridized carbons (Fsp3) is 1.00. The highest BCUT2D eigenvalue weighted by Crippen LogP contribution is 2.45. The van der Waals surface area contributed by atoms with Gasteiger partial charge in [-0.2, -0.15) is 0 Å². The molecule has 0 aromatic rings. The van der Waals surface area contributed by atoms with Gasteiger partial charge in [-0.05, 0) is 55.3 Å². The summed E-state index contributed by atoms with van der Waals surface area (Å²) in [7, 11) is 0. The third kappa shape index (κ3) is 3.48. The van der Waals surface area contributed by atoms with Gasteiger partial charge in [-0.1, -0.05) is 27.2 Å². The molecule has 2 aliphatic rings. The molecule has 0 aromatic carbocycles. The summed E-state index contributed by atoms with van der Waals surface area (Å²) in [5.41, 5.74) is 0.279. The second-order valence-corrected chi connectivity index (χ2v) is 7.34. The van der Waals surface area contributed by atoms with E-state index >= 15 is 0 Å². The van der Waals surface area contributed by atoms with Crippen molar-refractivity contribution in [2.45, 2.75) is 65.4 Å². The van der Waals surface area contributed by atoms with E-state index < -0.39 is 0 Å². The van der Waals surface area contributed by atoms with E-state index in [-0.39, 0.29) is 11.5 Å². The minimum Gasteiger partial charge on any atom is -0.393 e. The molecule has 2 rings (SSSR count). The van der Waals surface area contributed by atoms with Crippen LogP contribution in [-0.2, 0) is 4.74 Å². The molecule has 0 aromatic heterocycles. The quantitative estimate of drug-likeness (QED) is 0.833. The molecule has 1 aliphatic heterocycles. The third-order valence-electron chi connectivity index (χ3n) is 5.24. The number of rotatable bonds is 3. The largest absolute Gasteiger partial charge is 0.393 e. The Bertz CT molecular complexity index is 256.